The minimum absolute atomic E-state index is 0. The van der Waals surface area contributed by atoms with Gasteiger partial charge in [-0.15, -0.1) is 23.7 Å². The molecule has 1 amide bonds. The van der Waals surface area contributed by atoms with Crippen LogP contribution < -0.4 is 10.6 Å². The highest BCUT2D eigenvalue weighted by molar-refractivity contribution is 7.89. The van der Waals surface area contributed by atoms with Crippen molar-refractivity contribution in [3.63, 3.8) is 0 Å². The predicted molar refractivity (Wildman–Crippen MR) is 138 cm³/mol. The van der Waals surface area contributed by atoms with Crippen molar-refractivity contribution in [3.05, 3.63) is 40.9 Å². The van der Waals surface area contributed by atoms with Crippen LogP contribution in [0.5, 0.6) is 0 Å². The maximum absolute atomic E-state index is 12.9. The van der Waals surface area contributed by atoms with Crippen molar-refractivity contribution in [1.29, 1.82) is 0 Å². The molecule has 11 heteroatoms. The summed E-state index contributed by atoms with van der Waals surface area (Å²) in [6.07, 6.45) is 6.01. The van der Waals surface area contributed by atoms with E-state index in [0.29, 0.717) is 42.8 Å². The van der Waals surface area contributed by atoms with Crippen LogP contribution >= 0.6 is 23.7 Å². The molecule has 5 rings (SSSR count). The largest absolute Gasteiger partial charge is 0.321 e. The molecule has 1 saturated heterocycles. The molecule has 3 heterocycles. The highest BCUT2D eigenvalue weighted by Crippen LogP contribution is 2.35. The normalized spacial score (nSPS) is 18.0. The van der Waals surface area contributed by atoms with Gasteiger partial charge < -0.3 is 10.6 Å². The van der Waals surface area contributed by atoms with E-state index in [1.165, 1.54) is 34.9 Å². The Hall–Kier alpha value is -1.98. The lowest BCUT2D eigenvalue weighted by Gasteiger charge is -2.26. The second kappa shape index (κ2) is 10.3. The highest BCUT2D eigenvalue weighted by Gasteiger charge is 2.26. The number of sulfonamides is 1. The fourth-order valence-electron chi connectivity index (χ4n) is 4.69. The molecule has 1 aliphatic carbocycles. The summed E-state index contributed by atoms with van der Waals surface area (Å²) in [5, 5.41) is 11.9. The molecule has 3 aromatic rings. The number of nitrogens with zero attached hydrogens (tertiary/aromatic N) is 3. The van der Waals surface area contributed by atoms with Crippen LogP contribution in [0.15, 0.2) is 35.2 Å². The zero-order valence-corrected chi connectivity index (χ0v) is 21.6. The first kappa shape index (κ1) is 25.1. The average Bonchev–Trinajstić information content (AvgIpc) is 3.41. The van der Waals surface area contributed by atoms with Gasteiger partial charge in [-0.2, -0.15) is 9.40 Å². The van der Waals surface area contributed by atoms with Crippen molar-refractivity contribution in [2.45, 2.75) is 50.0 Å². The number of nitrogens with one attached hydrogen (secondary N) is 2. The second-order valence-electron chi connectivity index (χ2n) is 8.78. The third kappa shape index (κ3) is 4.87. The second-order valence-corrected chi connectivity index (χ2v) is 11.8. The average molecular weight is 524 g/mol. The van der Waals surface area contributed by atoms with Crippen molar-refractivity contribution in [3.8, 4) is 0 Å². The first-order valence-corrected chi connectivity index (χ1v) is 13.8. The Bertz CT molecular complexity index is 1260. The SMILES string of the molecule is Cc1nn(C2CCCCC2)c2sc(C(=O)Nc3ccc(S(=O)(=O)N4CCNCC4)cc3)cc12.Cl. The molecule has 2 N–H and O–H groups in total. The van der Waals surface area contributed by atoms with E-state index in [9.17, 15) is 13.2 Å². The van der Waals surface area contributed by atoms with Crippen molar-refractivity contribution < 1.29 is 13.2 Å². The molecule has 1 saturated carbocycles. The standard InChI is InChI=1S/C23H29N5O3S2.ClH/c1-16-20-15-21(32-23(20)28(26-16)18-5-3-2-4-6-18)22(29)25-17-7-9-19(10-8-17)33(30,31)27-13-11-24-12-14-27;/h7-10,15,18,24H,2-6,11-14H2,1H3,(H,25,29);1H. The summed E-state index contributed by atoms with van der Waals surface area (Å²) < 4.78 is 29.2. The quantitative estimate of drug-likeness (QED) is 0.523. The van der Waals surface area contributed by atoms with Crippen molar-refractivity contribution in [2.24, 2.45) is 0 Å². The van der Waals surface area contributed by atoms with Gasteiger partial charge in [0.25, 0.3) is 5.91 Å². The molecule has 1 aliphatic heterocycles. The molecule has 2 fully saturated rings. The molecule has 2 aromatic heterocycles. The van der Waals surface area contributed by atoms with Crippen LogP contribution in [0.2, 0.25) is 0 Å². The van der Waals surface area contributed by atoms with Crippen LogP contribution in [0.1, 0.15) is 53.5 Å². The van der Waals surface area contributed by atoms with Crippen LogP contribution in [0.25, 0.3) is 10.2 Å². The molecule has 0 radical (unpaired) electrons. The number of anilines is 1. The monoisotopic (exact) mass is 523 g/mol. The summed E-state index contributed by atoms with van der Waals surface area (Å²) in [4.78, 5) is 14.9. The number of aromatic nitrogens is 2. The minimum Gasteiger partial charge on any atom is -0.321 e. The Morgan fingerprint density at radius 3 is 2.47 bits per heavy atom. The summed E-state index contributed by atoms with van der Waals surface area (Å²) in [6, 6.07) is 8.74. The number of aryl methyl sites for hydroxylation is 1. The molecular formula is C23H30ClN5O3S2. The van der Waals surface area contributed by atoms with Crippen molar-refractivity contribution in [1.82, 2.24) is 19.4 Å². The maximum Gasteiger partial charge on any atom is 0.265 e. The van der Waals surface area contributed by atoms with Crippen LogP contribution in [0.3, 0.4) is 0 Å². The summed E-state index contributed by atoms with van der Waals surface area (Å²) in [5.74, 6) is -0.191. The Morgan fingerprint density at radius 2 is 1.79 bits per heavy atom. The fraction of sp³-hybridized carbons (Fsp3) is 0.478. The Balaban J connectivity index is 0.00000274. The molecule has 0 unspecified atom stereocenters. The highest BCUT2D eigenvalue weighted by atomic mass is 35.5. The van der Waals surface area contributed by atoms with Gasteiger partial charge in [0, 0.05) is 37.3 Å². The van der Waals surface area contributed by atoms with E-state index >= 15 is 0 Å². The molecular weight excluding hydrogens is 494 g/mol. The van der Waals surface area contributed by atoms with Crippen LogP contribution in [-0.4, -0.2) is 54.6 Å². The minimum atomic E-state index is -3.52. The van der Waals surface area contributed by atoms with E-state index in [1.807, 2.05) is 13.0 Å². The van der Waals surface area contributed by atoms with E-state index in [-0.39, 0.29) is 23.2 Å². The number of hydrogen-bond acceptors (Lipinski definition) is 6. The first-order valence-electron chi connectivity index (χ1n) is 11.5. The number of hydrogen-bond donors (Lipinski definition) is 2. The summed E-state index contributed by atoms with van der Waals surface area (Å²) in [7, 11) is -3.52. The van der Waals surface area contributed by atoms with E-state index in [0.717, 1.165) is 28.8 Å². The van der Waals surface area contributed by atoms with Gasteiger partial charge in [0.15, 0.2) is 0 Å². The number of halogens is 1. The first-order chi connectivity index (χ1) is 15.9. The number of rotatable bonds is 5. The van der Waals surface area contributed by atoms with Crippen LogP contribution in [-0.2, 0) is 10.0 Å². The van der Waals surface area contributed by atoms with Gasteiger partial charge in [0.2, 0.25) is 10.0 Å². The fourth-order valence-corrected chi connectivity index (χ4v) is 7.26. The van der Waals surface area contributed by atoms with Crippen LogP contribution in [0.4, 0.5) is 5.69 Å². The van der Waals surface area contributed by atoms with Crippen molar-refractivity contribution >= 4 is 55.6 Å². The van der Waals surface area contributed by atoms with Crippen molar-refractivity contribution in [2.75, 3.05) is 31.5 Å². The lowest BCUT2D eigenvalue weighted by molar-refractivity contribution is 0.103. The van der Waals surface area contributed by atoms with Crippen LogP contribution in [0, 0.1) is 6.92 Å². The molecule has 0 bridgehead atoms. The third-order valence-electron chi connectivity index (χ3n) is 6.54. The van der Waals surface area contributed by atoms with E-state index < -0.39 is 10.0 Å². The smallest absolute Gasteiger partial charge is 0.265 e. The molecule has 184 valence electrons. The number of benzene rings is 1. The number of fused-ring (bicyclic) bond motifs is 1. The molecule has 8 nitrogen and oxygen atoms in total. The van der Waals surface area contributed by atoms with Gasteiger partial charge in [-0.25, -0.2) is 8.42 Å². The molecule has 2 aliphatic rings. The Kier molecular flexibility index (Phi) is 7.63. The topological polar surface area (TPSA) is 96.3 Å². The number of carbonyl (C=O) groups excluding carboxylic acids is 1. The summed E-state index contributed by atoms with van der Waals surface area (Å²) in [5.41, 5.74) is 1.52. The van der Waals surface area contributed by atoms with Gasteiger partial charge in [-0.05, 0) is 50.1 Å². The van der Waals surface area contributed by atoms with Gasteiger partial charge in [0.1, 0.15) is 4.83 Å². The number of amides is 1. The Labute approximate surface area is 210 Å². The number of thiophene rings is 1. The van der Waals surface area contributed by atoms with Gasteiger partial charge >= 0.3 is 0 Å². The lowest BCUT2D eigenvalue weighted by Crippen LogP contribution is -2.46. The Morgan fingerprint density at radius 1 is 1.12 bits per heavy atom. The zero-order chi connectivity index (χ0) is 23.0. The zero-order valence-electron chi connectivity index (χ0n) is 19.1. The van der Waals surface area contributed by atoms with E-state index in [2.05, 4.69) is 15.3 Å². The van der Waals surface area contributed by atoms with Gasteiger partial charge in [0.05, 0.1) is 21.5 Å². The number of carbonyl (C=O) groups is 1. The van der Waals surface area contributed by atoms with Gasteiger partial charge in [-0.1, -0.05) is 19.3 Å². The number of piperazine rings is 1. The van der Waals surface area contributed by atoms with E-state index in [4.69, 9.17) is 5.10 Å². The molecule has 0 atom stereocenters. The third-order valence-corrected chi connectivity index (χ3v) is 9.57. The maximum atomic E-state index is 12.9. The van der Waals surface area contributed by atoms with E-state index in [1.54, 1.807) is 24.3 Å². The lowest BCUT2D eigenvalue weighted by atomic mass is 9.96. The summed E-state index contributed by atoms with van der Waals surface area (Å²) in [6.45, 7) is 4.23. The predicted octanol–water partition coefficient (Wildman–Crippen LogP) is 4.18. The van der Waals surface area contributed by atoms with Gasteiger partial charge in [-0.3, -0.25) is 9.48 Å². The molecule has 0 spiro atoms. The molecule has 1 aromatic carbocycles. The summed E-state index contributed by atoms with van der Waals surface area (Å²) >= 11 is 1.47. The molecule has 34 heavy (non-hydrogen) atoms.